The minimum absolute atomic E-state index is 0.395. The maximum atomic E-state index is 12.5. The van der Waals surface area contributed by atoms with Gasteiger partial charge in [0.25, 0.3) is 0 Å². The molecule has 0 aliphatic rings. The third kappa shape index (κ3) is 3.12. The number of nitrogens with one attached hydrogen (secondary N) is 1. The first-order chi connectivity index (χ1) is 9.41. The molecule has 1 unspecified atom stereocenters. The second kappa shape index (κ2) is 5.56. The van der Waals surface area contributed by atoms with Gasteiger partial charge in [0.05, 0.1) is 17.3 Å². The summed E-state index contributed by atoms with van der Waals surface area (Å²) in [5, 5.41) is 0. The first-order valence-electron chi connectivity index (χ1n) is 5.83. The summed E-state index contributed by atoms with van der Waals surface area (Å²) in [5.74, 6) is 5.46. The minimum atomic E-state index is -4.40. The zero-order valence-electron chi connectivity index (χ0n) is 10.6. The smallest absolute Gasteiger partial charge is 0.271 e. The second-order valence-corrected chi connectivity index (χ2v) is 4.30. The molecule has 0 aliphatic carbocycles. The Bertz CT molecular complexity index is 564. The van der Waals surface area contributed by atoms with Crippen molar-refractivity contribution in [2.75, 3.05) is 0 Å². The van der Waals surface area contributed by atoms with Crippen molar-refractivity contribution in [1.82, 2.24) is 15.4 Å². The van der Waals surface area contributed by atoms with E-state index in [0.29, 0.717) is 5.69 Å². The molecule has 0 saturated heterocycles. The van der Waals surface area contributed by atoms with E-state index >= 15 is 0 Å². The van der Waals surface area contributed by atoms with Gasteiger partial charge in [0.15, 0.2) is 0 Å². The quantitative estimate of drug-likeness (QED) is 0.670. The fraction of sp³-hybridized carbons (Fsp3) is 0.231. The number of alkyl halides is 3. The van der Waals surface area contributed by atoms with Gasteiger partial charge in [0.2, 0.25) is 0 Å². The standard InChI is InChI=1S/C13H13F3N4/c1-8-2-3-9(6-18-8)12(20-17)11-5-4-10(7-19-11)13(14,15)16/h2-7,12,20H,17H2,1H3. The zero-order chi connectivity index (χ0) is 14.8. The van der Waals surface area contributed by atoms with E-state index in [4.69, 9.17) is 5.84 Å². The number of pyridine rings is 2. The molecule has 0 saturated carbocycles. The highest BCUT2D eigenvalue weighted by atomic mass is 19.4. The SMILES string of the molecule is Cc1ccc(C(NN)c2ccc(C(F)(F)F)cn2)cn1. The van der Waals surface area contributed by atoms with Crippen molar-refractivity contribution in [3.8, 4) is 0 Å². The Balaban J connectivity index is 2.30. The van der Waals surface area contributed by atoms with Gasteiger partial charge in [0.1, 0.15) is 0 Å². The molecule has 2 rings (SSSR count). The molecular formula is C13H13F3N4. The molecule has 1 atom stereocenters. The number of halogens is 3. The van der Waals surface area contributed by atoms with Crippen molar-refractivity contribution in [3.63, 3.8) is 0 Å². The van der Waals surface area contributed by atoms with E-state index in [1.54, 1.807) is 18.3 Å². The van der Waals surface area contributed by atoms with Crippen LogP contribution in [0.15, 0.2) is 36.7 Å². The summed E-state index contributed by atoms with van der Waals surface area (Å²) < 4.78 is 37.4. The van der Waals surface area contributed by atoms with E-state index in [0.717, 1.165) is 23.5 Å². The first kappa shape index (κ1) is 14.4. The average Bonchev–Trinajstić information content (AvgIpc) is 2.41. The number of hydrogen-bond acceptors (Lipinski definition) is 4. The molecule has 106 valence electrons. The molecule has 0 aliphatic heterocycles. The van der Waals surface area contributed by atoms with Gasteiger partial charge in [-0.25, -0.2) is 5.43 Å². The van der Waals surface area contributed by atoms with Gasteiger partial charge in [-0.05, 0) is 30.7 Å². The minimum Gasteiger partial charge on any atom is -0.271 e. The van der Waals surface area contributed by atoms with Crippen molar-refractivity contribution < 1.29 is 13.2 Å². The lowest BCUT2D eigenvalue weighted by Gasteiger charge is -2.16. The second-order valence-electron chi connectivity index (χ2n) is 4.30. The first-order valence-corrected chi connectivity index (χ1v) is 5.83. The number of hydrogen-bond donors (Lipinski definition) is 2. The van der Waals surface area contributed by atoms with Crippen LogP contribution in [-0.2, 0) is 6.18 Å². The van der Waals surface area contributed by atoms with Crippen LogP contribution in [0.2, 0.25) is 0 Å². The summed E-state index contributed by atoms with van der Waals surface area (Å²) in [6.07, 6.45) is -2.00. The third-order valence-electron chi connectivity index (χ3n) is 2.84. The lowest BCUT2D eigenvalue weighted by molar-refractivity contribution is -0.137. The molecule has 0 amide bonds. The molecule has 2 aromatic rings. The summed E-state index contributed by atoms with van der Waals surface area (Å²) in [4.78, 5) is 7.95. The molecule has 0 aromatic carbocycles. The number of rotatable bonds is 3. The van der Waals surface area contributed by atoms with Crippen LogP contribution in [0.5, 0.6) is 0 Å². The number of aromatic nitrogens is 2. The number of nitrogens with two attached hydrogens (primary N) is 1. The Morgan fingerprint density at radius 3 is 2.30 bits per heavy atom. The zero-order valence-corrected chi connectivity index (χ0v) is 10.6. The Hall–Kier alpha value is -1.99. The van der Waals surface area contributed by atoms with Gasteiger partial charge < -0.3 is 0 Å². The topological polar surface area (TPSA) is 63.8 Å². The van der Waals surface area contributed by atoms with E-state index < -0.39 is 17.8 Å². The highest BCUT2D eigenvalue weighted by Gasteiger charge is 2.31. The normalized spacial score (nSPS) is 13.2. The highest BCUT2D eigenvalue weighted by molar-refractivity contribution is 5.28. The lowest BCUT2D eigenvalue weighted by Crippen LogP contribution is -2.29. The largest absolute Gasteiger partial charge is 0.417 e. The van der Waals surface area contributed by atoms with Crippen LogP contribution in [0.4, 0.5) is 13.2 Å². The van der Waals surface area contributed by atoms with Crippen LogP contribution >= 0.6 is 0 Å². The Morgan fingerprint density at radius 1 is 1.10 bits per heavy atom. The summed E-state index contributed by atoms with van der Waals surface area (Å²) in [6.45, 7) is 1.84. The van der Waals surface area contributed by atoms with Crippen LogP contribution in [0.1, 0.15) is 28.6 Å². The van der Waals surface area contributed by atoms with Crippen molar-refractivity contribution in [1.29, 1.82) is 0 Å². The van der Waals surface area contributed by atoms with E-state index in [9.17, 15) is 13.2 Å². The molecule has 4 nitrogen and oxygen atoms in total. The summed E-state index contributed by atoms with van der Waals surface area (Å²) >= 11 is 0. The monoisotopic (exact) mass is 282 g/mol. The summed E-state index contributed by atoms with van der Waals surface area (Å²) in [5.41, 5.74) is 3.70. The van der Waals surface area contributed by atoms with Crippen LogP contribution in [-0.4, -0.2) is 9.97 Å². The van der Waals surface area contributed by atoms with Crippen molar-refractivity contribution in [3.05, 3.63) is 59.2 Å². The molecular weight excluding hydrogens is 269 g/mol. The van der Waals surface area contributed by atoms with Crippen molar-refractivity contribution in [2.45, 2.75) is 19.1 Å². The summed E-state index contributed by atoms with van der Waals surface area (Å²) in [7, 11) is 0. The predicted molar refractivity (Wildman–Crippen MR) is 67.4 cm³/mol. The van der Waals surface area contributed by atoms with Crippen LogP contribution in [0.25, 0.3) is 0 Å². The molecule has 0 spiro atoms. The highest BCUT2D eigenvalue weighted by Crippen LogP contribution is 2.29. The van der Waals surface area contributed by atoms with Gasteiger partial charge in [0, 0.05) is 18.1 Å². The van der Waals surface area contributed by atoms with Crippen LogP contribution in [0.3, 0.4) is 0 Å². The number of aryl methyl sites for hydroxylation is 1. The van der Waals surface area contributed by atoms with Gasteiger partial charge in [-0.1, -0.05) is 6.07 Å². The molecule has 0 bridgehead atoms. The maximum absolute atomic E-state index is 12.5. The van der Waals surface area contributed by atoms with Crippen LogP contribution < -0.4 is 11.3 Å². The molecule has 20 heavy (non-hydrogen) atoms. The fourth-order valence-electron chi connectivity index (χ4n) is 1.75. The molecule has 0 radical (unpaired) electrons. The average molecular weight is 282 g/mol. The number of nitrogens with zero attached hydrogens (tertiary/aromatic N) is 2. The summed E-state index contributed by atoms with van der Waals surface area (Å²) in [6, 6.07) is 5.36. The molecule has 7 heteroatoms. The van der Waals surface area contributed by atoms with E-state index in [-0.39, 0.29) is 0 Å². The molecule has 2 aromatic heterocycles. The van der Waals surface area contributed by atoms with Gasteiger partial charge >= 0.3 is 6.18 Å². The van der Waals surface area contributed by atoms with E-state index in [1.165, 1.54) is 6.07 Å². The van der Waals surface area contributed by atoms with Crippen molar-refractivity contribution in [2.24, 2.45) is 5.84 Å². The maximum Gasteiger partial charge on any atom is 0.417 e. The number of hydrazine groups is 1. The van der Waals surface area contributed by atoms with Gasteiger partial charge in [-0.15, -0.1) is 0 Å². The van der Waals surface area contributed by atoms with Gasteiger partial charge in [-0.3, -0.25) is 15.8 Å². The van der Waals surface area contributed by atoms with Crippen LogP contribution in [0, 0.1) is 6.92 Å². The lowest BCUT2D eigenvalue weighted by atomic mass is 10.0. The fourth-order valence-corrected chi connectivity index (χ4v) is 1.75. The Morgan fingerprint density at radius 2 is 1.85 bits per heavy atom. The van der Waals surface area contributed by atoms with Crippen molar-refractivity contribution >= 4 is 0 Å². The van der Waals surface area contributed by atoms with E-state index in [1.807, 2.05) is 6.92 Å². The van der Waals surface area contributed by atoms with Gasteiger partial charge in [-0.2, -0.15) is 13.2 Å². The Kier molecular flexibility index (Phi) is 4.01. The van der Waals surface area contributed by atoms with E-state index in [2.05, 4.69) is 15.4 Å². The molecule has 3 N–H and O–H groups in total. The Labute approximate surface area is 113 Å². The molecule has 2 heterocycles. The molecule has 0 fully saturated rings. The third-order valence-corrected chi connectivity index (χ3v) is 2.84. The predicted octanol–water partition coefficient (Wildman–Crippen LogP) is 2.36.